The standard InChI is InChI=1S/C15H14N2O3S/c1-9(13-4-3-7-21-13)17(2)15-16-11-6-5-10(14(18)19)8-12(11)20-15/h3-9H,1-2H3,(H,18,19). The number of carboxylic acid groups (broad SMARTS) is 1. The Morgan fingerprint density at radius 1 is 1.43 bits per heavy atom. The monoisotopic (exact) mass is 302 g/mol. The molecule has 3 rings (SSSR count). The van der Waals surface area contributed by atoms with Crippen LogP contribution in [-0.4, -0.2) is 23.1 Å². The third-order valence-electron chi connectivity index (χ3n) is 3.46. The average molecular weight is 302 g/mol. The van der Waals surface area contributed by atoms with Gasteiger partial charge in [-0.1, -0.05) is 6.07 Å². The van der Waals surface area contributed by atoms with Gasteiger partial charge >= 0.3 is 5.97 Å². The number of hydrogen-bond donors (Lipinski definition) is 1. The fourth-order valence-electron chi connectivity index (χ4n) is 2.08. The zero-order valence-corrected chi connectivity index (χ0v) is 12.4. The Morgan fingerprint density at radius 3 is 2.90 bits per heavy atom. The van der Waals surface area contributed by atoms with Crippen molar-refractivity contribution >= 4 is 34.4 Å². The lowest BCUT2D eigenvalue weighted by molar-refractivity contribution is 0.0697. The van der Waals surface area contributed by atoms with Gasteiger partial charge in [0.2, 0.25) is 0 Å². The van der Waals surface area contributed by atoms with E-state index in [0.717, 1.165) is 0 Å². The molecule has 1 unspecified atom stereocenters. The number of aromatic carboxylic acids is 1. The van der Waals surface area contributed by atoms with Gasteiger partial charge in [-0.2, -0.15) is 4.98 Å². The molecule has 0 bridgehead atoms. The van der Waals surface area contributed by atoms with E-state index in [-0.39, 0.29) is 11.6 Å². The quantitative estimate of drug-likeness (QED) is 0.794. The van der Waals surface area contributed by atoms with Crippen LogP contribution in [0.2, 0.25) is 0 Å². The second-order valence-corrected chi connectivity index (χ2v) is 5.77. The summed E-state index contributed by atoms with van der Waals surface area (Å²) in [6.45, 7) is 2.07. The molecule has 1 aromatic carbocycles. The summed E-state index contributed by atoms with van der Waals surface area (Å²) in [5.41, 5.74) is 1.33. The molecule has 0 spiro atoms. The molecule has 3 aromatic rings. The number of hydrogen-bond acceptors (Lipinski definition) is 5. The van der Waals surface area contributed by atoms with E-state index in [1.54, 1.807) is 17.4 Å². The first-order valence-electron chi connectivity index (χ1n) is 6.46. The summed E-state index contributed by atoms with van der Waals surface area (Å²) in [4.78, 5) is 18.5. The van der Waals surface area contributed by atoms with Crippen molar-refractivity contribution in [2.24, 2.45) is 0 Å². The van der Waals surface area contributed by atoms with E-state index in [9.17, 15) is 4.79 Å². The highest BCUT2D eigenvalue weighted by Crippen LogP contribution is 2.30. The Labute approximate surface area is 125 Å². The molecular formula is C15H14N2O3S. The molecule has 0 aliphatic rings. The Hall–Kier alpha value is -2.34. The SMILES string of the molecule is CC(c1cccs1)N(C)c1nc2ccc(C(=O)O)cc2o1. The molecule has 1 atom stereocenters. The summed E-state index contributed by atoms with van der Waals surface area (Å²) in [6.07, 6.45) is 0. The molecule has 2 heterocycles. The maximum atomic E-state index is 11.0. The van der Waals surface area contributed by atoms with Crippen LogP contribution in [0.5, 0.6) is 0 Å². The van der Waals surface area contributed by atoms with Gasteiger partial charge in [0.15, 0.2) is 5.58 Å². The molecule has 2 aromatic heterocycles. The zero-order chi connectivity index (χ0) is 15.0. The average Bonchev–Trinajstić information content (AvgIpc) is 3.13. The topological polar surface area (TPSA) is 66.6 Å². The van der Waals surface area contributed by atoms with Crippen molar-refractivity contribution in [2.75, 3.05) is 11.9 Å². The number of aromatic nitrogens is 1. The second kappa shape index (κ2) is 5.21. The van der Waals surface area contributed by atoms with Crippen molar-refractivity contribution < 1.29 is 14.3 Å². The summed E-state index contributed by atoms with van der Waals surface area (Å²) < 4.78 is 5.70. The lowest BCUT2D eigenvalue weighted by Crippen LogP contribution is -2.20. The Morgan fingerprint density at radius 2 is 2.24 bits per heavy atom. The molecule has 0 aliphatic carbocycles. The highest BCUT2D eigenvalue weighted by Gasteiger charge is 2.18. The first-order chi connectivity index (χ1) is 10.1. The fourth-order valence-corrected chi connectivity index (χ4v) is 2.91. The van der Waals surface area contributed by atoms with Crippen LogP contribution in [0.3, 0.4) is 0 Å². The molecule has 21 heavy (non-hydrogen) atoms. The summed E-state index contributed by atoms with van der Waals surface area (Å²) in [7, 11) is 1.91. The molecule has 0 saturated carbocycles. The Kier molecular flexibility index (Phi) is 3.39. The van der Waals surface area contributed by atoms with Gasteiger partial charge in [-0.05, 0) is 36.6 Å². The van der Waals surface area contributed by atoms with E-state index < -0.39 is 5.97 Å². The van der Waals surface area contributed by atoms with Crippen molar-refractivity contribution in [2.45, 2.75) is 13.0 Å². The maximum Gasteiger partial charge on any atom is 0.335 e. The zero-order valence-electron chi connectivity index (χ0n) is 11.6. The number of carbonyl (C=O) groups is 1. The van der Waals surface area contributed by atoms with Gasteiger partial charge in [-0.25, -0.2) is 4.79 Å². The van der Waals surface area contributed by atoms with E-state index in [2.05, 4.69) is 18.0 Å². The van der Waals surface area contributed by atoms with Crippen LogP contribution in [0.4, 0.5) is 6.01 Å². The van der Waals surface area contributed by atoms with Gasteiger partial charge in [0, 0.05) is 11.9 Å². The van der Waals surface area contributed by atoms with E-state index in [4.69, 9.17) is 9.52 Å². The fraction of sp³-hybridized carbons (Fsp3) is 0.200. The van der Waals surface area contributed by atoms with Crippen LogP contribution in [0, 0.1) is 0 Å². The van der Waals surface area contributed by atoms with E-state index in [0.29, 0.717) is 17.1 Å². The van der Waals surface area contributed by atoms with Crippen molar-refractivity contribution in [3.63, 3.8) is 0 Å². The van der Waals surface area contributed by atoms with Gasteiger partial charge in [0.05, 0.1) is 11.6 Å². The van der Waals surface area contributed by atoms with Crippen molar-refractivity contribution in [1.82, 2.24) is 4.98 Å². The number of benzene rings is 1. The second-order valence-electron chi connectivity index (χ2n) is 4.79. The van der Waals surface area contributed by atoms with Crippen LogP contribution in [0.15, 0.2) is 40.1 Å². The summed E-state index contributed by atoms with van der Waals surface area (Å²) in [6, 6.07) is 9.38. The minimum atomic E-state index is -0.977. The van der Waals surface area contributed by atoms with Gasteiger partial charge in [0.1, 0.15) is 5.52 Å². The first kappa shape index (κ1) is 13.6. The van der Waals surface area contributed by atoms with Crippen LogP contribution in [0.25, 0.3) is 11.1 Å². The van der Waals surface area contributed by atoms with Crippen LogP contribution in [0.1, 0.15) is 28.2 Å². The number of carboxylic acids is 1. The molecule has 0 radical (unpaired) electrons. The molecular weight excluding hydrogens is 288 g/mol. The van der Waals surface area contributed by atoms with Gasteiger partial charge in [0.25, 0.3) is 6.01 Å². The molecule has 0 aliphatic heterocycles. The third-order valence-corrected chi connectivity index (χ3v) is 4.50. The largest absolute Gasteiger partial charge is 0.478 e. The Balaban J connectivity index is 1.95. The lowest BCUT2D eigenvalue weighted by atomic mass is 10.2. The van der Waals surface area contributed by atoms with E-state index >= 15 is 0 Å². The van der Waals surface area contributed by atoms with Crippen LogP contribution < -0.4 is 4.90 Å². The summed E-state index contributed by atoms with van der Waals surface area (Å²) in [5, 5.41) is 11.0. The molecule has 0 saturated heterocycles. The molecule has 108 valence electrons. The van der Waals surface area contributed by atoms with Crippen LogP contribution >= 0.6 is 11.3 Å². The predicted octanol–water partition coefficient (Wildman–Crippen LogP) is 3.78. The molecule has 0 fully saturated rings. The Bertz CT molecular complexity index is 779. The maximum absolute atomic E-state index is 11.0. The van der Waals surface area contributed by atoms with Gasteiger partial charge < -0.3 is 14.4 Å². The number of thiophene rings is 1. The molecule has 5 nitrogen and oxygen atoms in total. The molecule has 6 heteroatoms. The predicted molar refractivity (Wildman–Crippen MR) is 82.1 cm³/mol. The van der Waals surface area contributed by atoms with Crippen LogP contribution in [-0.2, 0) is 0 Å². The normalized spacial score (nSPS) is 12.5. The van der Waals surface area contributed by atoms with E-state index in [1.165, 1.54) is 17.0 Å². The number of oxazole rings is 1. The minimum absolute atomic E-state index is 0.136. The van der Waals surface area contributed by atoms with Crippen molar-refractivity contribution in [1.29, 1.82) is 0 Å². The smallest absolute Gasteiger partial charge is 0.335 e. The lowest BCUT2D eigenvalue weighted by Gasteiger charge is -2.21. The number of fused-ring (bicyclic) bond motifs is 1. The number of anilines is 1. The number of rotatable bonds is 4. The van der Waals surface area contributed by atoms with Gasteiger partial charge in [-0.3, -0.25) is 0 Å². The van der Waals surface area contributed by atoms with E-state index in [1.807, 2.05) is 23.4 Å². The highest BCUT2D eigenvalue weighted by molar-refractivity contribution is 7.10. The minimum Gasteiger partial charge on any atom is -0.478 e. The molecule has 0 amide bonds. The first-order valence-corrected chi connectivity index (χ1v) is 7.34. The molecule has 1 N–H and O–H groups in total. The highest BCUT2D eigenvalue weighted by atomic mass is 32.1. The number of nitrogens with zero attached hydrogens (tertiary/aromatic N) is 2. The van der Waals surface area contributed by atoms with Gasteiger partial charge in [-0.15, -0.1) is 11.3 Å². The summed E-state index contributed by atoms with van der Waals surface area (Å²) >= 11 is 1.68. The van der Waals surface area contributed by atoms with Crippen molar-refractivity contribution in [3.05, 3.63) is 46.2 Å². The van der Waals surface area contributed by atoms with Crippen molar-refractivity contribution in [3.8, 4) is 0 Å². The summed E-state index contributed by atoms with van der Waals surface area (Å²) in [5.74, 6) is -0.977. The third kappa shape index (κ3) is 2.50.